The predicted octanol–water partition coefficient (Wildman–Crippen LogP) is 7.73. The fourth-order valence-corrected chi connectivity index (χ4v) is 4.97. The van der Waals surface area contributed by atoms with Crippen LogP contribution >= 0.6 is 0 Å². The maximum Gasteiger partial charge on any atom is 0.0136 e. The third-order valence-electron chi connectivity index (χ3n) is 6.57. The molecule has 1 unspecified atom stereocenters. The normalized spacial score (nSPS) is 12.6. The highest BCUT2D eigenvalue weighted by atomic mass is 16.0. The van der Waals surface area contributed by atoms with E-state index in [1.54, 1.807) is 0 Å². The molecule has 2 nitrogen and oxygen atoms in total. The van der Waals surface area contributed by atoms with Crippen LogP contribution in [-0.4, -0.2) is 11.5 Å². The summed E-state index contributed by atoms with van der Waals surface area (Å²) < 4.78 is 0. The molecule has 0 spiro atoms. The van der Waals surface area contributed by atoms with Crippen LogP contribution in [0.5, 0.6) is 0 Å². The van der Waals surface area contributed by atoms with Crippen LogP contribution in [0.15, 0.2) is 30.3 Å². The minimum atomic E-state index is 0. The molecule has 0 amide bonds. The van der Waals surface area contributed by atoms with Gasteiger partial charge in [0.15, 0.2) is 0 Å². The number of hydrogen-bond acceptors (Lipinski definition) is 1. The zero-order valence-corrected chi connectivity index (χ0v) is 19.9. The molecule has 2 heteroatoms. The third kappa shape index (κ3) is 10.6. The van der Waals surface area contributed by atoms with E-state index >= 15 is 0 Å². The minimum Gasteiger partial charge on any atom is -0.412 e. The Morgan fingerprint density at radius 3 is 1.55 bits per heavy atom. The fourth-order valence-electron chi connectivity index (χ4n) is 4.97. The molecule has 1 atom stereocenters. The highest BCUT2D eigenvalue weighted by molar-refractivity contribution is 5.27. The summed E-state index contributed by atoms with van der Waals surface area (Å²) in [6, 6.07) is 11.4. The summed E-state index contributed by atoms with van der Waals surface area (Å²) in [5, 5.41) is 0. The molecular weight excluding hydrogens is 354 g/mol. The first-order chi connectivity index (χ1) is 13.7. The van der Waals surface area contributed by atoms with Crippen molar-refractivity contribution in [2.24, 2.45) is 5.73 Å². The average molecular weight is 406 g/mol. The Labute approximate surface area is 182 Å². The first-order valence-electron chi connectivity index (χ1n) is 12.5. The maximum absolute atomic E-state index is 6.88. The topological polar surface area (TPSA) is 57.5 Å². The summed E-state index contributed by atoms with van der Waals surface area (Å²) in [5.74, 6) is 0. The Kier molecular flexibility index (Phi) is 17.4. The summed E-state index contributed by atoms with van der Waals surface area (Å²) in [7, 11) is 0. The highest BCUT2D eigenvalue weighted by Crippen LogP contribution is 2.38. The molecule has 0 aromatic heterocycles. The smallest absolute Gasteiger partial charge is 0.0136 e. The molecule has 170 valence electrons. The summed E-state index contributed by atoms with van der Waals surface area (Å²) in [4.78, 5) is 0. The Balaban J connectivity index is 0.00000784. The molecule has 0 saturated carbocycles. The Hall–Kier alpha value is -0.860. The number of unbranched alkanes of at least 4 members (excludes halogenated alkanes) is 10. The Bertz CT molecular complexity index is 453. The van der Waals surface area contributed by atoms with Gasteiger partial charge in [-0.3, -0.25) is 0 Å². The van der Waals surface area contributed by atoms with Gasteiger partial charge in [-0.25, -0.2) is 0 Å². The van der Waals surface area contributed by atoms with Crippen LogP contribution in [0.2, 0.25) is 0 Å². The molecule has 0 radical (unpaired) electrons. The van der Waals surface area contributed by atoms with Crippen LogP contribution in [0, 0.1) is 0 Å². The zero-order chi connectivity index (χ0) is 20.5. The van der Waals surface area contributed by atoms with E-state index < -0.39 is 0 Å². The van der Waals surface area contributed by atoms with E-state index in [0.29, 0.717) is 0 Å². The van der Waals surface area contributed by atoms with E-state index in [4.69, 9.17) is 5.73 Å². The van der Waals surface area contributed by atoms with Crippen LogP contribution < -0.4 is 5.73 Å². The summed E-state index contributed by atoms with van der Waals surface area (Å²) in [6.07, 6.45) is 21.4. The first-order valence-corrected chi connectivity index (χ1v) is 12.5. The van der Waals surface area contributed by atoms with E-state index in [0.717, 1.165) is 0 Å². The molecule has 0 fully saturated rings. The summed E-state index contributed by atoms with van der Waals surface area (Å²) in [5.41, 5.74) is 8.51. The van der Waals surface area contributed by atoms with Gasteiger partial charge in [-0.2, -0.15) is 0 Å². The van der Waals surface area contributed by atoms with Gasteiger partial charge in [0.2, 0.25) is 0 Å². The van der Waals surface area contributed by atoms with Gasteiger partial charge in [-0.05, 0) is 24.8 Å². The molecule has 0 aliphatic heterocycles. The van der Waals surface area contributed by atoms with Gasteiger partial charge in [0.1, 0.15) is 0 Å². The molecule has 0 aliphatic rings. The third-order valence-corrected chi connectivity index (χ3v) is 6.57. The zero-order valence-electron chi connectivity index (χ0n) is 19.9. The lowest BCUT2D eigenvalue weighted by Crippen LogP contribution is -2.45. The second-order valence-corrected chi connectivity index (χ2v) is 8.95. The van der Waals surface area contributed by atoms with Crippen molar-refractivity contribution in [1.29, 1.82) is 0 Å². The van der Waals surface area contributed by atoms with E-state index in [9.17, 15) is 0 Å². The number of rotatable bonds is 18. The first kappa shape index (κ1) is 28.1. The molecule has 0 bridgehead atoms. The second kappa shape index (κ2) is 18.0. The Morgan fingerprint density at radius 1 is 0.655 bits per heavy atom. The van der Waals surface area contributed by atoms with Gasteiger partial charge in [0.05, 0.1) is 0 Å². The van der Waals surface area contributed by atoms with Crippen LogP contribution in [0.3, 0.4) is 0 Å². The van der Waals surface area contributed by atoms with Crippen molar-refractivity contribution in [3.63, 3.8) is 0 Å². The van der Waals surface area contributed by atoms with Gasteiger partial charge < -0.3 is 11.2 Å². The van der Waals surface area contributed by atoms with E-state index in [1.807, 2.05) is 0 Å². The van der Waals surface area contributed by atoms with Crippen LogP contribution in [0.4, 0.5) is 0 Å². The van der Waals surface area contributed by atoms with Crippen LogP contribution in [0.25, 0.3) is 0 Å². The van der Waals surface area contributed by atoms with Crippen LogP contribution in [0.1, 0.15) is 129 Å². The quantitative estimate of drug-likeness (QED) is 0.250. The van der Waals surface area contributed by atoms with Gasteiger partial charge in [-0.1, -0.05) is 135 Å². The minimum absolute atomic E-state index is 0. The fraction of sp³-hybridized carbons (Fsp3) is 0.778. The van der Waals surface area contributed by atoms with Gasteiger partial charge in [0, 0.05) is 11.5 Å². The van der Waals surface area contributed by atoms with Crippen molar-refractivity contribution >= 4 is 0 Å². The van der Waals surface area contributed by atoms with Gasteiger partial charge >= 0.3 is 0 Å². The van der Waals surface area contributed by atoms with Crippen molar-refractivity contribution in [2.75, 3.05) is 0 Å². The molecule has 4 N–H and O–H groups in total. The summed E-state index contributed by atoms with van der Waals surface area (Å²) >= 11 is 0. The molecule has 1 rings (SSSR count). The van der Waals surface area contributed by atoms with Gasteiger partial charge in [-0.15, -0.1) is 0 Å². The number of nitrogens with two attached hydrogens (primary N) is 1. The van der Waals surface area contributed by atoms with E-state index in [2.05, 4.69) is 51.1 Å². The molecule has 0 saturated heterocycles. The second-order valence-electron chi connectivity index (χ2n) is 8.95. The van der Waals surface area contributed by atoms with Gasteiger partial charge in [0.25, 0.3) is 0 Å². The maximum atomic E-state index is 6.88. The van der Waals surface area contributed by atoms with Crippen LogP contribution in [-0.2, 0) is 5.41 Å². The standard InChI is InChI=1S/C27H49N.H2O/c1-4-7-8-9-10-11-12-13-14-15-19-22-26(28)27(23-5-2,24-6-3)25-20-17-16-18-21-25;/h16-18,20-21,26H,4-15,19,22-24,28H2,1-3H3;1H2. The average Bonchev–Trinajstić information content (AvgIpc) is 2.72. The predicted molar refractivity (Wildman–Crippen MR) is 131 cm³/mol. The molecule has 0 aliphatic carbocycles. The lowest BCUT2D eigenvalue weighted by molar-refractivity contribution is 0.272. The van der Waals surface area contributed by atoms with Crippen molar-refractivity contribution in [3.8, 4) is 0 Å². The molecule has 1 aromatic carbocycles. The molecule has 1 aromatic rings. The monoisotopic (exact) mass is 405 g/mol. The summed E-state index contributed by atoms with van der Waals surface area (Å²) in [6.45, 7) is 6.91. The number of benzene rings is 1. The number of hydrogen-bond donors (Lipinski definition) is 1. The van der Waals surface area contributed by atoms with Crippen molar-refractivity contribution in [3.05, 3.63) is 35.9 Å². The SMILES string of the molecule is CCCCCCCCCCCCCC(N)C(CCC)(CCC)c1ccccc1.O. The van der Waals surface area contributed by atoms with E-state index in [-0.39, 0.29) is 16.9 Å². The molecular formula is C27H51NO. The highest BCUT2D eigenvalue weighted by Gasteiger charge is 2.36. The molecule has 29 heavy (non-hydrogen) atoms. The lowest BCUT2D eigenvalue weighted by atomic mass is 9.67. The molecule has 0 heterocycles. The van der Waals surface area contributed by atoms with Crippen molar-refractivity contribution in [1.82, 2.24) is 0 Å². The van der Waals surface area contributed by atoms with Crippen molar-refractivity contribution in [2.45, 2.75) is 135 Å². The Morgan fingerprint density at radius 2 is 1.10 bits per heavy atom. The van der Waals surface area contributed by atoms with E-state index in [1.165, 1.54) is 108 Å². The lowest BCUT2D eigenvalue weighted by Gasteiger charge is -2.40. The largest absolute Gasteiger partial charge is 0.412 e. The van der Waals surface area contributed by atoms with Crippen molar-refractivity contribution < 1.29 is 5.48 Å².